The Labute approximate surface area is 121 Å². The Balaban J connectivity index is 2.51. The van der Waals surface area contributed by atoms with E-state index < -0.39 is 26.3 Å². The van der Waals surface area contributed by atoms with Crippen LogP contribution in [0.5, 0.6) is 0 Å². The van der Waals surface area contributed by atoms with Crippen LogP contribution in [0.25, 0.3) is 0 Å². The van der Waals surface area contributed by atoms with Gasteiger partial charge in [0.25, 0.3) is 0 Å². The number of sulfone groups is 1. The minimum absolute atomic E-state index is 0.211. The molecule has 20 heavy (non-hydrogen) atoms. The first kappa shape index (κ1) is 15.3. The Bertz CT molecular complexity index is 633. The van der Waals surface area contributed by atoms with Gasteiger partial charge in [-0.2, -0.15) is 0 Å². The van der Waals surface area contributed by atoms with Crippen molar-refractivity contribution in [1.29, 1.82) is 0 Å². The number of anilines is 1. The van der Waals surface area contributed by atoms with Gasteiger partial charge in [-0.15, -0.1) is 0 Å². The molecule has 4 nitrogen and oxygen atoms in total. The fourth-order valence-corrected chi connectivity index (χ4v) is 5.44. The lowest BCUT2D eigenvalue weighted by Gasteiger charge is -2.27. The van der Waals surface area contributed by atoms with Crippen molar-refractivity contribution in [3.8, 4) is 0 Å². The van der Waals surface area contributed by atoms with Gasteiger partial charge in [0.1, 0.15) is 0 Å². The Morgan fingerprint density at radius 1 is 1.25 bits per heavy atom. The van der Waals surface area contributed by atoms with E-state index in [1.54, 1.807) is 18.2 Å². The van der Waals surface area contributed by atoms with Crippen molar-refractivity contribution in [1.82, 2.24) is 0 Å². The van der Waals surface area contributed by atoms with Crippen LogP contribution in [0.3, 0.4) is 0 Å². The van der Waals surface area contributed by atoms with Gasteiger partial charge in [-0.05, 0) is 58.7 Å². The highest BCUT2D eigenvalue weighted by atomic mass is 32.2. The molecule has 0 spiro atoms. The van der Waals surface area contributed by atoms with E-state index in [0.717, 1.165) is 5.56 Å². The van der Waals surface area contributed by atoms with Crippen LogP contribution in [0.4, 0.5) is 5.69 Å². The minimum Gasteiger partial charge on any atom is -0.398 e. The van der Waals surface area contributed by atoms with Gasteiger partial charge in [0.15, 0.2) is 9.84 Å². The van der Waals surface area contributed by atoms with Crippen LogP contribution < -0.4 is 5.73 Å². The molecule has 1 aromatic rings. The van der Waals surface area contributed by atoms with Crippen LogP contribution in [0.2, 0.25) is 0 Å². The van der Waals surface area contributed by atoms with E-state index in [1.165, 1.54) is 0 Å². The molecule has 1 unspecified atom stereocenters. The summed E-state index contributed by atoms with van der Waals surface area (Å²) in [6.07, 6.45) is 0.468. The highest BCUT2D eigenvalue weighted by Crippen LogP contribution is 2.43. The van der Waals surface area contributed by atoms with E-state index in [0.29, 0.717) is 12.1 Å². The lowest BCUT2D eigenvalue weighted by Crippen LogP contribution is -2.38. The molecular weight excluding hydrogens is 274 g/mol. The number of aryl methyl sites for hydroxylation is 1. The summed E-state index contributed by atoms with van der Waals surface area (Å²) in [6, 6.07) is 5.07. The summed E-state index contributed by atoms with van der Waals surface area (Å²) in [5.41, 5.74) is 6.00. The zero-order valence-electron chi connectivity index (χ0n) is 12.7. The van der Waals surface area contributed by atoms with Gasteiger partial charge >= 0.3 is 0 Å². The number of hydrogen-bond donors (Lipinski definition) is 1. The van der Waals surface area contributed by atoms with Gasteiger partial charge in [-0.3, -0.25) is 0 Å². The first-order chi connectivity index (χ1) is 8.96. The van der Waals surface area contributed by atoms with E-state index in [4.69, 9.17) is 10.5 Å². The van der Waals surface area contributed by atoms with E-state index in [-0.39, 0.29) is 4.90 Å². The van der Waals surface area contributed by atoms with E-state index >= 15 is 0 Å². The smallest absolute Gasteiger partial charge is 0.186 e. The normalized spacial score (nSPS) is 24.8. The monoisotopic (exact) mass is 297 g/mol. The van der Waals surface area contributed by atoms with Crippen LogP contribution in [-0.2, 0) is 14.6 Å². The number of hydrogen-bond acceptors (Lipinski definition) is 4. The maximum atomic E-state index is 12.9. The van der Waals surface area contributed by atoms with Crippen LogP contribution in [0.15, 0.2) is 23.1 Å². The molecule has 1 heterocycles. The Hall–Kier alpha value is -1.07. The largest absolute Gasteiger partial charge is 0.398 e. The first-order valence-electron chi connectivity index (χ1n) is 6.76. The molecule has 1 atom stereocenters. The Morgan fingerprint density at radius 2 is 1.85 bits per heavy atom. The van der Waals surface area contributed by atoms with E-state index in [1.807, 2.05) is 34.6 Å². The molecule has 0 aromatic heterocycles. The molecule has 0 aliphatic carbocycles. The van der Waals surface area contributed by atoms with Crippen molar-refractivity contribution < 1.29 is 13.2 Å². The maximum Gasteiger partial charge on any atom is 0.186 e. The van der Waals surface area contributed by atoms with Gasteiger partial charge in [0.2, 0.25) is 0 Å². The Kier molecular flexibility index (Phi) is 3.42. The van der Waals surface area contributed by atoms with Crippen molar-refractivity contribution in [3.63, 3.8) is 0 Å². The predicted octanol–water partition coefficient (Wildman–Crippen LogP) is 2.70. The molecule has 0 bridgehead atoms. The molecule has 1 aromatic carbocycles. The Morgan fingerprint density at radius 3 is 2.30 bits per heavy atom. The molecule has 1 saturated heterocycles. The lowest BCUT2D eigenvalue weighted by molar-refractivity contribution is -0.0635. The number of nitrogens with two attached hydrogens (primary N) is 1. The van der Waals surface area contributed by atoms with Crippen LogP contribution >= 0.6 is 0 Å². The first-order valence-corrected chi connectivity index (χ1v) is 8.30. The van der Waals surface area contributed by atoms with Gasteiger partial charge in [-0.1, -0.05) is 6.07 Å². The molecule has 0 radical (unpaired) electrons. The molecule has 112 valence electrons. The quantitative estimate of drug-likeness (QED) is 0.852. The minimum atomic E-state index is -3.51. The summed E-state index contributed by atoms with van der Waals surface area (Å²) < 4.78 is 31.7. The summed E-state index contributed by atoms with van der Waals surface area (Å²) in [4.78, 5) is 0.211. The second-order valence-electron chi connectivity index (χ2n) is 6.74. The van der Waals surface area contributed by atoms with Crippen molar-refractivity contribution in [2.45, 2.75) is 62.4 Å². The number of nitrogen functional groups attached to an aromatic ring is 1. The fourth-order valence-electron chi connectivity index (χ4n) is 3.08. The topological polar surface area (TPSA) is 69.4 Å². The van der Waals surface area contributed by atoms with Gasteiger partial charge in [0.05, 0.1) is 27.0 Å². The maximum absolute atomic E-state index is 12.9. The number of benzene rings is 1. The average molecular weight is 297 g/mol. The molecule has 1 aliphatic rings. The van der Waals surface area contributed by atoms with Crippen molar-refractivity contribution in [2.75, 3.05) is 5.73 Å². The van der Waals surface area contributed by atoms with Crippen LogP contribution in [0.1, 0.15) is 39.7 Å². The molecule has 0 saturated carbocycles. The van der Waals surface area contributed by atoms with Gasteiger partial charge in [-0.25, -0.2) is 8.42 Å². The van der Waals surface area contributed by atoms with Crippen molar-refractivity contribution in [3.05, 3.63) is 23.8 Å². The fraction of sp³-hybridized carbons (Fsp3) is 0.600. The predicted molar refractivity (Wildman–Crippen MR) is 80.4 cm³/mol. The van der Waals surface area contributed by atoms with Crippen molar-refractivity contribution >= 4 is 15.5 Å². The summed E-state index contributed by atoms with van der Waals surface area (Å²) in [5, 5.41) is -0.588. The number of ether oxygens (including phenoxy) is 1. The highest BCUT2D eigenvalue weighted by molar-refractivity contribution is 7.92. The molecule has 2 rings (SSSR count). The van der Waals surface area contributed by atoms with Crippen LogP contribution in [0, 0.1) is 6.92 Å². The summed E-state index contributed by atoms with van der Waals surface area (Å²) in [5.74, 6) is 0. The average Bonchev–Trinajstić information content (AvgIpc) is 2.46. The van der Waals surface area contributed by atoms with Gasteiger partial charge in [0, 0.05) is 0 Å². The van der Waals surface area contributed by atoms with E-state index in [9.17, 15) is 8.42 Å². The second-order valence-corrected chi connectivity index (χ2v) is 8.84. The molecule has 1 aliphatic heterocycles. The molecular formula is C15H23NO3S. The van der Waals surface area contributed by atoms with E-state index in [2.05, 4.69) is 0 Å². The molecule has 5 heteroatoms. The number of rotatable bonds is 2. The SMILES string of the molecule is Cc1ccc(S(=O)(=O)C2CC(C)(C)OC2(C)C)c(N)c1. The summed E-state index contributed by atoms with van der Waals surface area (Å²) >= 11 is 0. The van der Waals surface area contributed by atoms with Gasteiger partial charge < -0.3 is 10.5 Å². The van der Waals surface area contributed by atoms with Crippen LogP contribution in [-0.4, -0.2) is 24.9 Å². The molecule has 2 N–H and O–H groups in total. The third-order valence-corrected chi connectivity index (χ3v) is 6.31. The highest BCUT2D eigenvalue weighted by Gasteiger charge is 2.52. The summed E-state index contributed by atoms with van der Waals surface area (Å²) in [7, 11) is -3.51. The lowest BCUT2D eigenvalue weighted by atomic mass is 10.0. The third kappa shape index (κ3) is 2.56. The third-order valence-electron chi connectivity index (χ3n) is 3.84. The zero-order chi connectivity index (χ0) is 15.3. The van der Waals surface area contributed by atoms with Crippen molar-refractivity contribution in [2.24, 2.45) is 0 Å². The standard InChI is InChI=1S/C15H23NO3S/c1-10-6-7-12(11(16)8-10)20(17,18)13-9-14(2,3)19-15(13,4)5/h6-8,13H,9,16H2,1-5H3. The molecule has 0 amide bonds. The molecule has 1 fully saturated rings. The zero-order valence-corrected chi connectivity index (χ0v) is 13.5. The summed E-state index contributed by atoms with van der Waals surface area (Å²) in [6.45, 7) is 9.38. The second kappa shape index (κ2) is 4.46.